The van der Waals surface area contributed by atoms with Crippen LogP contribution in [0.1, 0.15) is 72.2 Å². The second-order valence-electron chi connectivity index (χ2n) is 31.4. The van der Waals surface area contributed by atoms with E-state index in [0.29, 0.717) is 34.8 Å². The van der Waals surface area contributed by atoms with Crippen molar-refractivity contribution in [2.24, 2.45) is 0 Å². The van der Waals surface area contributed by atoms with E-state index in [-0.39, 0.29) is 5.41 Å². The SMILES string of the molecule is Brc1cccc2c1-c1ccccc1C21c2ccccc2Oc2ccccc21.CC1(C)OB(c2nc(-c3cccc(-c4ccccc4)c3)nc(-c3cccc4ccccc34)n2)OC1(C)C.c1ccc(-c2cccc(-c3nc(-c4cccc5c4-c4ccccc4C54c5ccccc5Oc5ccccc54)nc(-c4cccc5ccccc45)n3)c2)cc1. The van der Waals surface area contributed by atoms with Gasteiger partial charge in [0.25, 0.3) is 0 Å². The lowest BCUT2D eigenvalue weighted by Gasteiger charge is -2.39. The van der Waals surface area contributed by atoms with E-state index in [9.17, 15) is 0 Å². The monoisotopic (exact) mass is 1580 g/mol. The molecule has 2 aliphatic carbocycles. The van der Waals surface area contributed by atoms with Crippen LogP contribution in [-0.2, 0) is 20.1 Å². The number of nitrogens with zero attached hydrogens (tertiary/aromatic N) is 6. The van der Waals surface area contributed by atoms with Crippen LogP contribution in [0.25, 0.3) is 123 Å². The summed E-state index contributed by atoms with van der Waals surface area (Å²) in [6, 6.07) is 131. The lowest BCUT2D eigenvalue weighted by molar-refractivity contribution is 0.00578. The van der Waals surface area contributed by atoms with Crippen molar-refractivity contribution in [2.75, 3.05) is 0 Å². The topological polar surface area (TPSA) is 114 Å². The van der Waals surface area contributed by atoms with Gasteiger partial charge in [-0.15, -0.1) is 0 Å². The van der Waals surface area contributed by atoms with E-state index in [1.807, 2.05) is 107 Å². The highest BCUT2D eigenvalue weighted by Crippen LogP contribution is 2.65. The van der Waals surface area contributed by atoms with E-state index in [1.165, 1.54) is 44.5 Å². The highest BCUT2D eigenvalue weighted by Gasteiger charge is 2.55. The third kappa shape index (κ3) is 11.8. The molecule has 0 amide bonds. The molecule has 0 atom stereocenters. The molecule has 10 nitrogen and oxygen atoms in total. The molecule has 23 rings (SSSR count). The van der Waals surface area contributed by atoms with Gasteiger partial charge in [-0.1, -0.05) is 350 Å². The van der Waals surface area contributed by atoms with Crippen LogP contribution < -0.4 is 15.2 Å². The van der Waals surface area contributed by atoms with E-state index >= 15 is 0 Å². The Hall–Kier alpha value is -13.9. The molecule has 1 saturated heterocycles. The minimum atomic E-state index is -0.696. The lowest BCUT2D eigenvalue weighted by Crippen LogP contribution is -2.41. The first-order chi connectivity index (χ1) is 57.9. The number of hydrogen-bond acceptors (Lipinski definition) is 10. The summed E-state index contributed by atoms with van der Waals surface area (Å²) in [5, 5.41) is 4.45. The number of fused-ring (bicyclic) bond motifs is 20. The Labute approximate surface area is 693 Å². The molecule has 18 aromatic rings. The highest BCUT2D eigenvalue weighted by atomic mass is 79.9. The summed E-state index contributed by atoms with van der Waals surface area (Å²) in [6.07, 6.45) is 0. The zero-order valence-electron chi connectivity index (χ0n) is 65.1. The Morgan fingerprint density at radius 3 is 1.04 bits per heavy atom. The summed E-state index contributed by atoms with van der Waals surface area (Å²) < 4.78 is 26.7. The van der Waals surface area contributed by atoms with E-state index in [0.717, 1.165) is 121 Å². The molecule has 12 heteroatoms. The molecule has 0 N–H and O–H groups in total. The van der Waals surface area contributed by atoms with Crippen LogP contribution in [0.3, 0.4) is 0 Å². The molecule has 5 aliphatic rings. The second kappa shape index (κ2) is 28.8. The van der Waals surface area contributed by atoms with Crippen LogP contribution in [0.5, 0.6) is 23.0 Å². The molecule has 1 fully saturated rings. The quantitative estimate of drug-likeness (QED) is 0.136. The zero-order chi connectivity index (χ0) is 79.3. The summed E-state index contributed by atoms with van der Waals surface area (Å²) in [5.74, 6) is 6.66. The summed E-state index contributed by atoms with van der Waals surface area (Å²) in [4.78, 5) is 30.7. The Morgan fingerprint density at radius 2 is 0.551 bits per heavy atom. The lowest BCUT2D eigenvalue weighted by atomic mass is 9.66. The van der Waals surface area contributed by atoms with Crippen molar-refractivity contribution in [2.45, 2.75) is 49.7 Å². The van der Waals surface area contributed by atoms with Crippen LogP contribution in [0.2, 0.25) is 0 Å². The molecule has 0 unspecified atom stereocenters. The maximum Gasteiger partial charge on any atom is 0.534 e. The molecule has 5 heterocycles. The van der Waals surface area contributed by atoms with Gasteiger partial charge in [0.15, 0.2) is 34.8 Å². The van der Waals surface area contributed by atoms with Gasteiger partial charge in [0.2, 0.25) is 0 Å². The summed E-state index contributed by atoms with van der Waals surface area (Å²) >= 11 is 3.82. The number of halogens is 1. The fourth-order valence-electron chi connectivity index (χ4n) is 18.2. The Kier molecular flexibility index (Phi) is 17.6. The molecular formula is C106H74BBrN6O4. The smallest absolute Gasteiger partial charge is 0.457 e. The average molecular weight is 1590 g/mol. The molecule has 0 bridgehead atoms. The molecule has 118 heavy (non-hydrogen) atoms. The molecule has 562 valence electrons. The molecule has 2 aromatic heterocycles. The van der Waals surface area contributed by atoms with Gasteiger partial charge >= 0.3 is 7.12 Å². The van der Waals surface area contributed by atoms with Crippen molar-refractivity contribution in [1.82, 2.24) is 29.9 Å². The van der Waals surface area contributed by atoms with Gasteiger partial charge in [-0.25, -0.2) is 29.9 Å². The van der Waals surface area contributed by atoms with Crippen LogP contribution in [0.4, 0.5) is 0 Å². The minimum absolute atomic E-state index is 0.360. The van der Waals surface area contributed by atoms with Crippen molar-refractivity contribution < 1.29 is 18.8 Å². The van der Waals surface area contributed by atoms with Crippen molar-refractivity contribution in [3.05, 3.63) is 425 Å². The summed E-state index contributed by atoms with van der Waals surface area (Å²) in [5.41, 5.74) is 22.2. The number of para-hydroxylation sites is 4. The second-order valence-corrected chi connectivity index (χ2v) is 32.2. The van der Waals surface area contributed by atoms with Crippen LogP contribution in [-0.4, -0.2) is 48.2 Å². The van der Waals surface area contributed by atoms with E-state index in [1.54, 1.807) is 0 Å². The van der Waals surface area contributed by atoms with Crippen molar-refractivity contribution >= 4 is 50.3 Å². The Morgan fingerprint density at radius 1 is 0.246 bits per heavy atom. The maximum absolute atomic E-state index is 6.58. The zero-order valence-corrected chi connectivity index (χ0v) is 66.7. The normalized spacial score (nSPS) is 14.5. The number of ether oxygens (including phenoxy) is 2. The Bertz CT molecular complexity index is 6920. The van der Waals surface area contributed by atoms with E-state index < -0.39 is 23.7 Å². The van der Waals surface area contributed by atoms with Crippen molar-refractivity contribution in [3.63, 3.8) is 0 Å². The highest BCUT2D eigenvalue weighted by molar-refractivity contribution is 9.10. The number of aromatic nitrogens is 6. The van der Waals surface area contributed by atoms with Gasteiger partial charge in [-0.05, 0) is 153 Å². The molecule has 0 saturated carbocycles. The van der Waals surface area contributed by atoms with Crippen LogP contribution >= 0.6 is 15.9 Å². The number of benzene rings is 16. The van der Waals surface area contributed by atoms with Gasteiger partial charge in [0.1, 0.15) is 23.0 Å². The van der Waals surface area contributed by atoms with Crippen molar-refractivity contribution in [1.29, 1.82) is 0 Å². The molecule has 3 aliphatic heterocycles. The molecule has 2 spiro atoms. The largest absolute Gasteiger partial charge is 0.534 e. The first-order valence-electron chi connectivity index (χ1n) is 39.9. The third-order valence-corrected chi connectivity index (χ3v) is 24.9. The first-order valence-corrected chi connectivity index (χ1v) is 40.7. The fourth-order valence-corrected chi connectivity index (χ4v) is 18.7. The average Bonchev–Trinajstić information content (AvgIpc) is 1.52. The Balaban J connectivity index is 0.000000117. The number of rotatable bonds is 8. The summed E-state index contributed by atoms with van der Waals surface area (Å²) in [6.45, 7) is 8.13. The number of hydrogen-bond donors (Lipinski definition) is 0. The van der Waals surface area contributed by atoms with Gasteiger partial charge in [0, 0.05) is 60.1 Å². The van der Waals surface area contributed by atoms with Gasteiger partial charge in [-0.3, -0.25) is 0 Å². The predicted molar refractivity (Wildman–Crippen MR) is 477 cm³/mol. The summed E-state index contributed by atoms with van der Waals surface area (Å²) in [7, 11) is -0.696. The fraction of sp³-hybridized carbons (Fsp3) is 0.0755. The van der Waals surface area contributed by atoms with E-state index in [4.69, 9.17) is 48.7 Å². The predicted octanol–water partition coefficient (Wildman–Crippen LogP) is 25.4. The molecule has 0 radical (unpaired) electrons. The van der Waals surface area contributed by atoms with Gasteiger partial charge in [0.05, 0.1) is 22.0 Å². The third-order valence-electron chi connectivity index (χ3n) is 24.2. The molecular weight excluding hydrogens is 1510 g/mol. The minimum Gasteiger partial charge on any atom is -0.457 e. The van der Waals surface area contributed by atoms with Gasteiger partial charge in [-0.2, -0.15) is 0 Å². The van der Waals surface area contributed by atoms with Crippen molar-refractivity contribution in [3.8, 4) is 124 Å². The first kappa shape index (κ1) is 71.9. The van der Waals surface area contributed by atoms with Gasteiger partial charge < -0.3 is 18.8 Å². The maximum atomic E-state index is 6.58. The van der Waals surface area contributed by atoms with E-state index in [2.05, 4.69) is 313 Å². The van der Waals surface area contributed by atoms with Crippen LogP contribution in [0, 0.1) is 0 Å². The standard InChI is InChI=1S/C50H31N3O.C31H28BN3O2.C25H15BrO/c1-2-15-32(16-3-1)34-19-12-20-35(31-34)47-51-48(37-23-13-18-33-17-4-5-21-36(33)37)53-49(52-47)39-24-14-28-43-46(39)38-22-6-7-25-40(38)50(43)41-26-8-10-29-44(41)54-45-30-11-9-27-42(45)50;1-30(2)31(3,4)37-32(36-30)29-34-27(24-17-10-16-23(20-24)21-12-6-5-7-13-21)33-28(35-29)26-19-11-15-22-14-8-9-18-25(22)26;26-21-13-7-12-20-24(21)16-8-1-2-9-17(16)25(20)18-10-3-5-14-22(18)27-23-15-6-4-11-19(23)25/h1-31H;5-20H,1-4H3;1-15H. The van der Waals surface area contributed by atoms with Crippen LogP contribution in [0.15, 0.2) is 381 Å². The molecule has 16 aromatic carbocycles.